The van der Waals surface area contributed by atoms with Crippen molar-refractivity contribution in [2.24, 2.45) is 0 Å². The third-order valence-electron chi connectivity index (χ3n) is 3.18. The van der Waals surface area contributed by atoms with Gasteiger partial charge >= 0.3 is 0 Å². The lowest BCUT2D eigenvalue weighted by Gasteiger charge is -2.18. The van der Waals surface area contributed by atoms with Gasteiger partial charge in [-0.25, -0.2) is 8.78 Å². The molecule has 2 aromatic carbocycles. The largest absolute Gasteiger partial charge is 0.497 e. The van der Waals surface area contributed by atoms with Crippen molar-refractivity contribution >= 4 is 0 Å². The number of ether oxygens (including phenoxy) is 2. The van der Waals surface area contributed by atoms with E-state index in [1.165, 1.54) is 18.2 Å². The van der Waals surface area contributed by atoms with Gasteiger partial charge in [-0.2, -0.15) is 0 Å². The first-order chi connectivity index (χ1) is 10.2. The molecule has 0 saturated carbocycles. The lowest BCUT2D eigenvalue weighted by atomic mass is 10.1. The van der Waals surface area contributed by atoms with Crippen LogP contribution in [0.25, 0.3) is 0 Å². The molecule has 21 heavy (non-hydrogen) atoms. The Morgan fingerprint density at radius 1 is 1.05 bits per heavy atom. The second kappa shape index (κ2) is 7.04. The van der Waals surface area contributed by atoms with E-state index >= 15 is 0 Å². The van der Waals surface area contributed by atoms with Crippen molar-refractivity contribution in [1.29, 1.82) is 0 Å². The maximum absolute atomic E-state index is 13.5. The van der Waals surface area contributed by atoms with Gasteiger partial charge in [-0.1, -0.05) is 18.2 Å². The molecule has 0 spiro atoms. The fourth-order valence-corrected chi connectivity index (χ4v) is 1.97. The van der Waals surface area contributed by atoms with Gasteiger partial charge in [-0.3, -0.25) is 0 Å². The van der Waals surface area contributed by atoms with E-state index in [0.717, 1.165) is 11.3 Å². The molecule has 0 aliphatic carbocycles. The Bertz CT molecular complexity index is 567. The average molecular weight is 293 g/mol. The van der Waals surface area contributed by atoms with Gasteiger partial charge in [0.2, 0.25) is 0 Å². The highest BCUT2D eigenvalue weighted by atomic mass is 19.1. The zero-order valence-corrected chi connectivity index (χ0v) is 11.9. The van der Waals surface area contributed by atoms with Gasteiger partial charge in [0.05, 0.1) is 13.2 Å². The number of methoxy groups -OCH3 is 1. The summed E-state index contributed by atoms with van der Waals surface area (Å²) in [5, 5.41) is 3.05. The van der Waals surface area contributed by atoms with Crippen LogP contribution in [-0.2, 0) is 0 Å². The van der Waals surface area contributed by atoms with Crippen LogP contribution in [0, 0.1) is 11.6 Å². The quantitative estimate of drug-likeness (QED) is 0.886. The minimum Gasteiger partial charge on any atom is -0.497 e. The number of benzene rings is 2. The van der Waals surface area contributed by atoms with Crippen LogP contribution in [0.15, 0.2) is 42.5 Å². The van der Waals surface area contributed by atoms with E-state index in [2.05, 4.69) is 5.32 Å². The molecule has 1 N–H and O–H groups in total. The van der Waals surface area contributed by atoms with Crippen LogP contribution in [0.4, 0.5) is 8.78 Å². The van der Waals surface area contributed by atoms with Crippen molar-refractivity contribution < 1.29 is 18.3 Å². The first-order valence-corrected chi connectivity index (χ1v) is 6.53. The van der Waals surface area contributed by atoms with E-state index in [9.17, 15) is 8.78 Å². The molecule has 0 amide bonds. The van der Waals surface area contributed by atoms with Gasteiger partial charge in [-0.15, -0.1) is 0 Å². The smallest absolute Gasteiger partial charge is 0.190 e. The number of halogens is 2. The summed E-state index contributed by atoms with van der Waals surface area (Å²) in [5.74, 6) is -1.03. The number of para-hydroxylation sites is 1. The molecule has 1 atom stereocenters. The summed E-state index contributed by atoms with van der Waals surface area (Å²) in [6.45, 7) is 0.112. The SMILES string of the molecule is CNC(COc1c(F)cccc1F)c1ccc(OC)cc1. The molecule has 0 bridgehead atoms. The molecule has 3 nitrogen and oxygen atoms in total. The summed E-state index contributed by atoms with van der Waals surface area (Å²) in [4.78, 5) is 0. The Morgan fingerprint density at radius 2 is 1.67 bits per heavy atom. The molecule has 0 fully saturated rings. The highest BCUT2D eigenvalue weighted by Crippen LogP contribution is 2.23. The van der Waals surface area contributed by atoms with Crippen LogP contribution in [0.2, 0.25) is 0 Å². The van der Waals surface area contributed by atoms with Crippen LogP contribution >= 0.6 is 0 Å². The van der Waals surface area contributed by atoms with Crippen molar-refractivity contribution in [1.82, 2.24) is 5.32 Å². The van der Waals surface area contributed by atoms with E-state index in [1.807, 2.05) is 24.3 Å². The topological polar surface area (TPSA) is 30.5 Å². The lowest BCUT2D eigenvalue weighted by Crippen LogP contribution is -2.23. The summed E-state index contributed by atoms with van der Waals surface area (Å²) < 4.78 is 37.4. The minimum absolute atomic E-state index is 0.112. The van der Waals surface area contributed by atoms with Crippen molar-refractivity contribution in [2.75, 3.05) is 20.8 Å². The molecule has 5 heteroatoms. The molecule has 0 heterocycles. The van der Waals surface area contributed by atoms with Crippen LogP contribution in [0.3, 0.4) is 0 Å². The molecule has 0 aliphatic rings. The van der Waals surface area contributed by atoms with Crippen molar-refractivity contribution in [3.63, 3.8) is 0 Å². The molecule has 0 aliphatic heterocycles. The third kappa shape index (κ3) is 3.70. The summed E-state index contributed by atoms with van der Waals surface area (Å²) in [7, 11) is 3.35. The van der Waals surface area contributed by atoms with Crippen LogP contribution in [-0.4, -0.2) is 20.8 Å². The Morgan fingerprint density at radius 3 is 2.19 bits per heavy atom. The zero-order valence-electron chi connectivity index (χ0n) is 11.9. The average Bonchev–Trinajstić information content (AvgIpc) is 2.51. The molecule has 112 valence electrons. The van der Waals surface area contributed by atoms with Gasteiger partial charge < -0.3 is 14.8 Å². The molecular formula is C16H17F2NO2. The maximum Gasteiger partial charge on any atom is 0.190 e. The van der Waals surface area contributed by atoms with Gasteiger partial charge in [0.15, 0.2) is 17.4 Å². The lowest BCUT2D eigenvalue weighted by molar-refractivity contribution is 0.249. The number of hydrogen-bond donors (Lipinski definition) is 1. The van der Waals surface area contributed by atoms with Gasteiger partial charge in [0.1, 0.15) is 12.4 Å². The molecular weight excluding hydrogens is 276 g/mol. The molecule has 0 saturated heterocycles. The third-order valence-corrected chi connectivity index (χ3v) is 3.18. The Kier molecular flexibility index (Phi) is 5.11. The number of rotatable bonds is 6. The zero-order chi connectivity index (χ0) is 15.2. The molecule has 2 rings (SSSR count). The normalized spacial score (nSPS) is 12.0. The number of likely N-dealkylation sites (N-methyl/N-ethyl adjacent to an activating group) is 1. The minimum atomic E-state index is -0.709. The van der Waals surface area contributed by atoms with Crippen LogP contribution in [0.5, 0.6) is 11.5 Å². The standard InChI is InChI=1S/C16H17F2NO2/c1-19-15(11-6-8-12(20-2)9-7-11)10-21-16-13(17)4-3-5-14(16)18/h3-9,15,19H,10H2,1-2H3. The van der Waals surface area contributed by atoms with Gasteiger partial charge in [0.25, 0.3) is 0 Å². The van der Waals surface area contributed by atoms with E-state index in [1.54, 1.807) is 14.2 Å². The van der Waals surface area contributed by atoms with Crippen LogP contribution in [0.1, 0.15) is 11.6 Å². The fourth-order valence-electron chi connectivity index (χ4n) is 1.97. The molecule has 0 radical (unpaired) electrons. The van der Waals surface area contributed by atoms with Crippen molar-refractivity contribution in [3.05, 3.63) is 59.7 Å². The molecule has 2 aromatic rings. The van der Waals surface area contributed by atoms with Gasteiger partial charge in [0, 0.05) is 0 Å². The highest BCUT2D eigenvalue weighted by molar-refractivity contribution is 5.30. The van der Waals surface area contributed by atoms with E-state index in [4.69, 9.17) is 9.47 Å². The summed E-state index contributed by atoms with van der Waals surface area (Å²) in [6, 6.07) is 10.8. The van der Waals surface area contributed by atoms with E-state index in [0.29, 0.717) is 0 Å². The Balaban J connectivity index is 2.08. The number of hydrogen-bond acceptors (Lipinski definition) is 3. The first-order valence-electron chi connectivity index (χ1n) is 6.53. The fraction of sp³-hybridized carbons (Fsp3) is 0.250. The first kappa shape index (κ1) is 15.3. The summed E-state index contributed by atoms with van der Waals surface area (Å²) >= 11 is 0. The summed E-state index contributed by atoms with van der Waals surface area (Å²) in [6.07, 6.45) is 0. The van der Waals surface area contributed by atoms with E-state index in [-0.39, 0.29) is 18.4 Å². The summed E-state index contributed by atoms with van der Waals surface area (Å²) in [5.41, 5.74) is 0.940. The second-order valence-electron chi connectivity index (χ2n) is 4.48. The predicted octanol–water partition coefficient (Wildman–Crippen LogP) is 3.31. The van der Waals surface area contributed by atoms with Gasteiger partial charge in [-0.05, 0) is 36.9 Å². The molecule has 0 aromatic heterocycles. The highest BCUT2D eigenvalue weighted by Gasteiger charge is 2.14. The Labute approximate surface area is 122 Å². The predicted molar refractivity (Wildman–Crippen MR) is 76.6 cm³/mol. The maximum atomic E-state index is 13.5. The van der Waals surface area contributed by atoms with Crippen molar-refractivity contribution in [2.45, 2.75) is 6.04 Å². The molecule has 1 unspecified atom stereocenters. The second-order valence-corrected chi connectivity index (χ2v) is 4.48. The Hall–Kier alpha value is -2.14. The van der Waals surface area contributed by atoms with Crippen LogP contribution < -0.4 is 14.8 Å². The number of nitrogens with one attached hydrogen (secondary N) is 1. The monoisotopic (exact) mass is 293 g/mol. The van der Waals surface area contributed by atoms with Crippen molar-refractivity contribution in [3.8, 4) is 11.5 Å². The van der Waals surface area contributed by atoms with E-state index < -0.39 is 11.6 Å².